The van der Waals surface area contributed by atoms with Crippen LogP contribution >= 0.6 is 0 Å². The summed E-state index contributed by atoms with van der Waals surface area (Å²) in [4.78, 5) is 23.4. The summed E-state index contributed by atoms with van der Waals surface area (Å²) in [7, 11) is 1.87. The van der Waals surface area contributed by atoms with Crippen LogP contribution in [0.25, 0.3) is 21.9 Å². The predicted molar refractivity (Wildman–Crippen MR) is 75.6 cm³/mol. The first kappa shape index (κ1) is 12.1. The largest absolute Gasteiger partial charge is 0.464 e. The second-order valence-corrected chi connectivity index (χ2v) is 5.33. The summed E-state index contributed by atoms with van der Waals surface area (Å²) < 4.78 is 7.38. The molecule has 1 aliphatic heterocycles. The molecule has 6 nitrogen and oxygen atoms in total. The lowest BCUT2D eigenvalue weighted by Gasteiger charge is -2.19. The van der Waals surface area contributed by atoms with Crippen molar-refractivity contribution >= 4 is 33.7 Å². The lowest BCUT2D eigenvalue weighted by atomic mass is 9.89. The monoisotopic (exact) mass is 283 g/mol. The molecule has 3 aromatic rings. The Kier molecular flexibility index (Phi) is 2.42. The lowest BCUT2D eigenvalue weighted by molar-refractivity contribution is -0.134. The van der Waals surface area contributed by atoms with E-state index in [1.165, 1.54) is 0 Å². The molecule has 2 amide bonds. The zero-order chi connectivity index (χ0) is 14.6. The molecule has 1 N–H and O–H groups in total. The van der Waals surface area contributed by atoms with Gasteiger partial charge in [-0.1, -0.05) is 0 Å². The fourth-order valence-electron chi connectivity index (χ4n) is 3.04. The van der Waals surface area contributed by atoms with Gasteiger partial charge >= 0.3 is 0 Å². The van der Waals surface area contributed by atoms with E-state index in [0.717, 1.165) is 27.4 Å². The second-order valence-electron chi connectivity index (χ2n) is 5.33. The first-order chi connectivity index (χ1) is 10.1. The number of furan rings is 1. The van der Waals surface area contributed by atoms with Gasteiger partial charge in [0.25, 0.3) is 0 Å². The van der Waals surface area contributed by atoms with Gasteiger partial charge in [0.2, 0.25) is 11.8 Å². The van der Waals surface area contributed by atoms with E-state index in [4.69, 9.17) is 4.42 Å². The van der Waals surface area contributed by atoms with Crippen LogP contribution in [0.3, 0.4) is 0 Å². The Morgan fingerprint density at radius 2 is 2.24 bits per heavy atom. The number of aromatic nitrogens is 2. The first-order valence-electron chi connectivity index (χ1n) is 6.80. The molecular weight excluding hydrogens is 270 g/mol. The topological polar surface area (TPSA) is 77.1 Å². The van der Waals surface area contributed by atoms with E-state index in [1.54, 1.807) is 17.1 Å². The van der Waals surface area contributed by atoms with E-state index in [0.29, 0.717) is 12.8 Å². The summed E-state index contributed by atoms with van der Waals surface area (Å²) in [6, 6.07) is 3.83. The smallest absolute Gasteiger partial charge is 0.234 e. The summed E-state index contributed by atoms with van der Waals surface area (Å²) >= 11 is 0. The third-order valence-electron chi connectivity index (χ3n) is 4.11. The first-order valence-corrected chi connectivity index (χ1v) is 6.80. The number of piperidine rings is 1. The fourth-order valence-corrected chi connectivity index (χ4v) is 3.04. The number of imide groups is 1. The number of amides is 2. The van der Waals surface area contributed by atoms with E-state index in [-0.39, 0.29) is 17.7 Å². The van der Waals surface area contributed by atoms with Gasteiger partial charge in [0.1, 0.15) is 5.58 Å². The van der Waals surface area contributed by atoms with Crippen LogP contribution in [0.4, 0.5) is 0 Å². The molecule has 0 unspecified atom stereocenters. The minimum Gasteiger partial charge on any atom is -0.464 e. The fraction of sp³-hybridized carbons (Fsp3) is 0.267. The van der Waals surface area contributed by atoms with Crippen molar-refractivity contribution < 1.29 is 14.0 Å². The van der Waals surface area contributed by atoms with Crippen LogP contribution in [0, 0.1) is 0 Å². The van der Waals surface area contributed by atoms with Crippen LogP contribution in [0.2, 0.25) is 0 Å². The van der Waals surface area contributed by atoms with Crippen molar-refractivity contribution in [3.05, 3.63) is 30.2 Å². The van der Waals surface area contributed by atoms with Crippen molar-refractivity contribution in [2.24, 2.45) is 7.05 Å². The number of carbonyl (C=O) groups excluding carboxylic acids is 2. The van der Waals surface area contributed by atoms with Crippen molar-refractivity contribution in [3.63, 3.8) is 0 Å². The molecule has 2 aromatic heterocycles. The third kappa shape index (κ3) is 1.68. The predicted octanol–water partition coefficient (Wildman–Crippen LogP) is 1.84. The average molecular weight is 283 g/mol. The summed E-state index contributed by atoms with van der Waals surface area (Å²) in [5, 5.41) is 8.53. The van der Waals surface area contributed by atoms with Crippen molar-refractivity contribution in [2.45, 2.75) is 18.8 Å². The summed E-state index contributed by atoms with van der Waals surface area (Å²) in [5.74, 6) is -0.819. The molecule has 3 heterocycles. The second kappa shape index (κ2) is 4.18. The van der Waals surface area contributed by atoms with Crippen LogP contribution in [0.1, 0.15) is 24.3 Å². The van der Waals surface area contributed by atoms with Gasteiger partial charge in [-0.2, -0.15) is 5.10 Å². The van der Waals surface area contributed by atoms with Crippen LogP contribution in [-0.4, -0.2) is 21.6 Å². The molecule has 6 heteroatoms. The maximum atomic E-state index is 12.1. The molecule has 4 rings (SSSR count). The molecule has 1 aliphatic rings. The molecule has 21 heavy (non-hydrogen) atoms. The number of fused-ring (bicyclic) bond motifs is 3. The number of hydrogen-bond acceptors (Lipinski definition) is 4. The minimum absolute atomic E-state index is 0.212. The molecule has 1 aromatic carbocycles. The van der Waals surface area contributed by atoms with Gasteiger partial charge in [-0.05, 0) is 18.6 Å². The van der Waals surface area contributed by atoms with Crippen LogP contribution in [-0.2, 0) is 16.6 Å². The Morgan fingerprint density at radius 3 is 3.05 bits per heavy atom. The van der Waals surface area contributed by atoms with E-state index in [2.05, 4.69) is 10.4 Å². The highest BCUT2D eigenvalue weighted by atomic mass is 16.3. The Balaban J connectivity index is 1.95. The molecule has 1 saturated heterocycles. The minimum atomic E-state index is -0.352. The third-order valence-corrected chi connectivity index (χ3v) is 4.11. The summed E-state index contributed by atoms with van der Waals surface area (Å²) in [6.45, 7) is 0. The average Bonchev–Trinajstić information content (AvgIpc) is 3.03. The maximum Gasteiger partial charge on any atom is 0.234 e. The van der Waals surface area contributed by atoms with E-state index < -0.39 is 0 Å². The van der Waals surface area contributed by atoms with E-state index in [1.807, 2.05) is 19.2 Å². The summed E-state index contributed by atoms with van der Waals surface area (Å²) in [5.41, 5.74) is 2.54. The van der Waals surface area contributed by atoms with Gasteiger partial charge in [-0.15, -0.1) is 0 Å². The SMILES string of the molecule is Cn1ncc2c3c([C@@H]4CCC(=O)NC4=O)coc3ccc21. The van der Waals surface area contributed by atoms with Crippen molar-refractivity contribution in [1.29, 1.82) is 0 Å². The zero-order valence-corrected chi connectivity index (χ0v) is 11.4. The number of aryl methyl sites for hydroxylation is 1. The normalized spacial score (nSPS) is 19.4. The number of carbonyl (C=O) groups is 2. The highest BCUT2D eigenvalue weighted by Gasteiger charge is 2.31. The number of nitrogens with zero attached hydrogens (tertiary/aromatic N) is 2. The van der Waals surface area contributed by atoms with E-state index in [9.17, 15) is 9.59 Å². The Labute approximate surface area is 119 Å². The van der Waals surface area contributed by atoms with Crippen LogP contribution in [0.15, 0.2) is 29.0 Å². The molecule has 106 valence electrons. The molecule has 0 bridgehead atoms. The number of hydrogen-bond donors (Lipinski definition) is 1. The van der Waals surface area contributed by atoms with Crippen molar-refractivity contribution in [3.8, 4) is 0 Å². The zero-order valence-electron chi connectivity index (χ0n) is 11.4. The Bertz CT molecular complexity index is 890. The van der Waals surface area contributed by atoms with Gasteiger partial charge in [-0.3, -0.25) is 19.6 Å². The van der Waals surface area contributed by atoms with Gasteiger partial charge < -0.3 is 4.42 Å². The van der Waals surface area contributed by atoms with Gasteiger partial charge in [0.15, 0.2) is 0 Å². The Hall–Kier alpha value is -2.63. The number of benzene rings is 1. The number of nitrogens with one attached hydrogen (secondary N) is 1. The molecule has 1 fully saturated rings. The molecular formula is C15H13N3O3. The quantitative estimate of drug-likeness (QED) is 0.691. The van der Waals surface area contributed by atoms with E-state index >= 15 is 0 Å². The molecule has 0 aliphatic carbocycles. The summed E-state index contributed by atoms with van der Waals surface area (Å²) in [6.07, 6.45) is 4.27. The van der Waals surface area contributed by atoms with Crippen molar-refractivity contribution in [1.82, 2.24) is 15.1 Å². The maximum absolute atomic E-state index is 12.1. The van der Waals surface area contributed by atoms with Gasteiger partial charge in [0, 0.05) is 29.8 Å². The number of rotatable bonds is 1. The van der Waals surface area contributed by atoms with Crippen molar-refractivity contribution in [2.75, 3.05) is 0 Å². The van der Waals surface area contributed by atoms with Crippen LogP contribution < -0.4 is 5.32 Å². The lowest BCUT2D eigenvalue weighted by Crippen LogP contribution is -2.39. The Morgan fingerprint density at radius 1 is 1.38 bits per heavy atom. The van der Waals surface area contributed by atoms with Crippen LogP contribution in [0.5, 0.6) is 0 Å². The molecule has 1 atom stereocenters. The molecule has 0 spiro atoms. The molecule has 0 radical (unpaired) electrons. The van der Waals surface area contributed by atoms with Gasteiger partial charge in [0.05, 0.1) is 23.9 Å². The molecule has 0 saturated carbocycles. The van der Waals surface area contributed by atoms with Gasteiger partial charge in [-0.25, -0.2) is 0 Å². The highest BCUT2D eigenvalue weighted by molar-refractivity contribution is 6.09. The highest BCUT2D eigenvalue weighted by Crippen LogP contribution is 2.36. The standard InChI is InChI=1S/C15H13N3O3/c1-18-11-3-4-12-14(9(11)6-16-18)10(7-21-12)8-2-5-13(19)17-15(8)20/h3-4,6-8H,2,5H2,1H3,(H,17,19,20)/t8-/m0/s1.